The van der Waals surface area contributed by atoms with E-state index >= 15 is 0 Å². The highest BCUT2D eigenvalue weighted by Gasteiger charge is 2.29. The van der Waals surface area contributed by atoms with Crippen molar-refractivity contribution in [2.45, 2.75) is 45.4 Å². The third-order valence-corrected chi connectivity index (χ3v) is 5.70. The molecule has 1 aromatic carbocycles. The van der Waals surface area contributed by atoms with Crippen molar-refractivity contribution in [3.63, 3.8) is 0 Å². The zero-order valence-corrected chi connectivity index (χ0v) is 16.2. The van der Waals surface area contributed by atoms with E-state index < -0.39 is 6.10 Å². The van der Waals surface area contributed by atoms with Crippen molar-refractivity contribution in [3.05, 3.63) is 40.4 Å². The molecule has 0 radical (unpaired) electrons. The van der Waals surface area contributed by atoms with Crippen LogP contribution in [0.15, 0.2) is 24.3 Å². The number of β-amino-alcohol motifs (C(OH)–C–C–N with tert-alkyl or cyclic N) is 1. The molecule has 0 spiro atoms. The molecule has 0 aliphatic carbocycles. The molecule has 25 heavy (non-hydrogen) atoms. The number of nitrogens with one attached hydrogen (secondary N) is 2. The summed E-state index contributed by atoms with van der Waals surface area (Å²) in [5.74, 6) is -0.0660. The number of nitrogens with zero attached hydrogens (tertiary/aromatic N) is 1. The fraction of sp³-hybridized carbons (Fsp3) is 0.444. The third-order valence-electron chi connectivity index (χ3n) is 4.31. The van der Waals surface area contributed by atoms with E-state index in [1.54, 1.807) is 11.3 Å². The number of aliphatic hydroxyl groups is 1. The summed E-state index contributed by atoms with van der Waals surface area (Å²) in [5.41, 5.74) is 3.26. The maximum absolute atomic E-state index is 12.3. The van der Waals surface area contributed by atoms with Gasteiger partial charge in [0.2, 0.25) is 5.91 Å². The number of halogens is 1. The highest BCUT2D eigenvalue weighted by atomic mass is 35.5. The minimum Gasteiger partial charge on any atom is -0.392 e. The first-order chi connectivity index (χ1) is 11.4. The first-order valence-corrected chi connectivity index (χ1v) is 9.02. The molecule has 1 saturated heterocycles. The molecule has 3 atom stereocenters. The first kappa shape index (κ1) is 19.8. The number of amides is 1. The molecule has 1 amide bonds. The molecule has 3 unspecified atom stereocenters. The molecule has 5 nitrogen and oxygen atoms in total. The fourth-order valence-electron chi connectivity index (χ4n) is 2.93. The van der Waals surface area contributed by atoms with Crippen molar-refractivity contribution < 1.29 is 9.90 Å². The van der Waals surface area contributed by atoms with Crippen LogP contribution in [-0.4, -0.2) is 34.7 Å². The van der Waals surface area contributed by atoms with Crippen LogP contribution < -0.4 is 10.6 Å². The normalized spacial score (nSPS) is 20.8. The van der Waals surface area contributed by atoms with Crippen molar-refractivity contribution in [2.75, 3.05) is 6.54 Å². The van der Waals surface area contributed by atoms with Gasteiger partial charge < -0.3 is 15.7 Å². The summed E-state index contributed by atoms with van der Waals surface area (Å²) in [6, 6.07) is 7.89. The van der Waals surface area contributed by atoms with Crippen molar-refractivity contribution in [1.82, 2.24) is 15.6 Å². The highest BCUT2D eigenvalue weighted by molar-refractivity contribution is 7.15. The van der Waals surface area contributed by atoms with Crippen LogP contribution in [0.2, 0.25) is 0 Å². The van der Waals surface area contributed by atoms with Gasteiger partial charge in [-0.15, -0.1) is 23.7 Å². The molecular weight excluding hydrogens is 358 g/mol. The minimum atomic E-state index is -0.436. The van der Waals surface area contributed by atoms with E-state index in [1.807, 2.05) is 13.8 Å². The van der Waals surface area contributed by atoms with Gasteiger partial charge in [0, 0.05) is 12.1 Å². The molecule has 2 aromatic rings. The van der Waals surface area contributed by atoms with E-state index in [2.05, 4.69) is 46.8 Å². The summed E-state index contributed by atoms with van der Waals surface area (Å²) in [7, 11) is 0. The molecule has 1 fully saturated rings. The molecule has 1 aliphatic heterocycles. The van der Waals surface area contributed by atoms with E-state index in [0.717, 1.165) is 21.1 Å². The average molecular weight is 382 g/mol. The number of aryl methyl sites for hydroxylation is 2. The molecule has 136 valence electrons. The van der Waals surface area contributed by atoms with Crippen LogP contribution in [0.3, 0.4) is 0 Å². The SMILES string of the molecule is Cc1ccc(-c2nc(C)c(C(C)NC(=O)C3CC(O)CN3)s2)cc1.Cl. The lowest BCUT2D eigenvalue weighted by Crippen LogP contribution is -2.41. The Bertz CT molecular complexity index is 732. The van der Waals surface area contributed by atoms with Crippen LogP contribution in [0.4, 0.5) is 0 Å². The maximum Gasteiger partial charge on any atom is 0.237 e. The van der Waals surface area contributed by atoms with E-state index in [9.17, 15) is 9.90 Å². The van der Waals surface area contributed by atoms with Gasteiger partial charge in [0.15, 0.2) is 0 Å². The topological polar surface area (TPSA) is 74.2 Å². The number of thiazole rings is 1. The van der Waals surface area contributed by atoms with Gasteiger partial charge in [-0.05, 0) is 27.2 Å². The van der Waals surface area contributed by atoms with Crippen LogP contribution in [-0.2, 0) is 4.79 Å². The van der Waals surface area contributed by atoms with Gasteiger partial charge in [-0.3, -0.25) is 4.79 Å². The highest BCUT2D eigenvalue weighted by Crippen LogP contribution is 2.32. The van der Waals surface area contributed by atoms with Gasteiger partial charge in [0.1, 0.15) is 5.01 Å². The fourth-order valence-corrected chi connectivity index (χ4v) is 4.00. The molecule has 0 saturated carbocycles. The predicted molar refractivity (Wildman–Crippen MR) is 103 cm³/mol. The van der Waals surface area contributed by atoms with E-state index in [0.29, 0.717) is 13.0 Å². The van der Waals surface area contributed by atoms with E-state index in [-0.39, 0.29) is 30.4 Å². The number of aromatic nitrogens is 1. The third kappa shape index (κ3) is 4.58. The molecule has 7 heteroatoms. The van der Waals surface area contributed by atoms with Crippen molar-refractivity contribution in [3.8, 4) is 10.6 Å². The largest absolute Gasteiger partial charge is 0.392 e. The molecular formula is C18H24ClN3O2S. The Labute approximate surface area is 158 Å². The Hall–Kier alpha value is -1.47. The second-order valence-corrected chi connectivity index (χ2v) is 7.45. The van der Waals surface area contributed by atoms with Gasteiger partial charge in [0.05, 0.1) is 28.8 Å². The zero-order valence-electron chi connectivity index (χ0n) is 14.6. The predicted octanol–water partition coefficient (Wildman–Crippen LogP) is 2.75. The van der Waals surface area contributed by atoms with Gasteiger partial charge in [-0.25, -0.2) is 4.98 Å². The Morgan fingerprint density at radius 3 is 2.64 bits per heavy atom. The number of rotatable bonds is 4. The van der Waals surface area contributed by atoms with Gasteiger partial charge in [0.25, 0.3) is 0 Å². The number of carbonyl (C=O) groups excluding carboxylic acids is 1. The van der Waals surface area contributed by atoms with E-state index in [1.165, 1.54) is 5.56 Å². The standard InChI is InChI=1S/C18H23N3O2S.ClH/c1-10-4-6-13(7-5-10)18-21-12(3)16(24-18)11(2)20-17(23)15-8-14(22)9-19-15;/h4-7,11,14-15,19,22H,8-9H2,1-3H3,(H,20,23);1H. The second-order valence-electron chi connectivity index (χ2n) is 6.42. The quantitative estimate of drug-likeness (QED) is 0.761. The van der Waals surface area contributed by atoms with Crippen molar-refractivity contribution in [2.24, 2.45) is 0 Å². The summed E-state index contributed by atoms with van der Waals surface area (Å²) in [5, 5.41) is 16.6. The van der Waals surface area contributed by atoms with Gasteiger partial charge in [-0.2, -0.15) is 0 Å². The van der Waals surface area contributed by atoms with Crippen molar-refractivity contribution in [1.29, 1.82) is 0 Å². The lowest BCUT2D eigenvalue weighted by molar-refractivity contribution is -0.123. The number of hydrogen-bond donors (Lipinski definition) is 3. The molecule has 3 N–H and O–H groups in total. The summed E-state index contributed by atoms with van der Waals surface area (Å²) in [6.45, 7) is 6.49. The number of carbonyl (C=O) groups is 1. The lowest BCUT2D eigenvalue weighted by atomic mass is 10.1. The van der Waals surface area contributed by atoms with E-state index in [4.69, 9.17) is 0 Å². The number of aliphatic hydroxyl groups excluding tert-OH is 1. The Balaban J connectivity index is 0.00000225. The van der Waals surface area contributed by atoms with Crippen LogP contribution in [0.25, 0.3) is 10.6 Å². The molecule has 1 aliphatic rings. The van der Waals surface area contributed by atoms with Gasteiger partial charge >= 0.3 is 0 Å². The summed E-state index contributed by atoms with van der Waals surface area (Å²) >= 11 is 1.62. The van der Waals surface area contributed by atoms with Crippen molar-refractivity contribution >= 4 is 29.7 Å². The Morgan fingerprint density at radius 2 is 2.04 bits per heavy atom. The first-order valence-electron chi connectivity index (χ1n) is 8.20. The molecule has 0 bridgehead atoms. The van der Waals surface area contributed by atoms with Crippen LogP contribution in [0.1, 0.15) is 35.5 Å². The Kier molecular flexibility index (Phi) is 6.57. The smallest absolute Gasteiger partial charge is 0.237 e. The molecule has 2 heterocycles. The summed E-state index contributed by atoms with van der Waals surface area (Å²) in [6.07, 6.45) is 0.0313. The number of hydrogen-bond acceptors (Lipinski definition) is 5. The average Bonchev–Trinajstić information content (AvgIpc) is 3.14. The second kappa shape index (κ2) is 8.27. The summed E-state index contributed by atoms with van der Waals surface area (Å²) in [4.78, 5) is 18.0. The zero-order chi connectivity index (χ0) is 17.3. The minimum absolute atomic E-state index is 0. The summed E-state index contributed by atoms with van der Waals surface area (Å²) < 4.78 is 0. The van der Waals surface area contributed by atoms with Crippen LogP contribution in [0, 0.1) is 13.8 Å². The van der Waals surface area contributed by atoms with Crippen LogP contribution in [0.5, 0.6) is 0 Å². The Morgan fingerprint density at radius 1 is 1.36 bits per heavy atom. The molecule has 3 rings (SSSR count). The van der Waals surface area contributed by atoms with Gasteiger partial charge in [-0.1, -0.05) is 29.8 Å². The monoisotopic (exact) mass is 381 g/mol. The number of benzene rings is 1. The molecule has 1 aromatic heterocycles. The van der Waals surface area contributed by atoms with Crippen LogP contribution >= 0.6 is 23.7 Å². The maximum atomic E-state index is 12.3. The lowest BCUT2D eigenvalue weighted by Gasteiger charge is -2.16.